The highest BCUT2D eigenvalue weighted by atomic mass is 79.9. The number of halogens is 3. The quantitative estimate of drug-likeness (QED) is 0.927. The van der Waals surface area contributed by atoms with Crippen molar-refractivity contribution >= 4 is 15.9 Å². The van der Waals surface area contributed by atoms with Crippen LogP contribution in [-0.2, 0) is 13.2 Å². The van der Waals surface area contributed by atoms with Crippen molar-refractivity contribution in [3.8, 4) is 5.75 Å². The van der Waals surface area contributed by atoms with E-state index in [0.29, 0.717) is 15.6 Å². The van der Waals surface area contributed by atoms with E-state index >= 15 is 0 Å². The highest BCUT2D eigenvalue weighted by Gasteiger charge is 2.05. The van der Waals surface area contributed by atoms with Crippen LogP contribution in [0.2, 0.25) is 0 Å². The van der Waals surface area contributed by atoms with E-state index in [1.54, 1.807) is 12.1 Å². The van der Waals surface area contributed by atoms with Crippen LogP contribution in [0.25, 0.3) is 0 Å². The molecule has 2 aromatic carbocycles. The zero-order chi connectivity index (χ0) is 13.8. The lowest BCUT2D eigenvalue weighted by Crippen LogP contribution is -2.02. The lowest BCUT2D eigenvalue weighted by molar-refractivity contribution is 0.289. The molecule has 2 rings (SSSR count). The molecule has 0 atom stereocenters. The maximum Gasteiger partial charge on any atom is 0.166 e. The minimum Gasteiger partial charge on any atom is -0.486 e. The first-order valence-corrected chi connectivity index (χ1v) is 6.44. The van der Waals surface area contributed by atoms with Crippen LogP contribution in [0.1, 0.15) is 11.1 Å². The first-order chi connectivity index (χ1) is 9.08. The number of nitrogens with two attached hydrogens (primary N) is 1. The van der Waals surface area contributed by atoms with Gasteiger partial charge < -0.3 is 10.5 Å². The largest absolute Gasteiger partial charge is 0.486 e. The topological polar surface area (TPSA) is 35.2 Å². The fourth-order valence-corrected chi connectivity index (χ4v) is 2.01. The Hall–Kier alpha value is -1.46. The first-order valence-electron chi connectivity index (χ1n) is 5.65. The normalized spacial score (nSPS) is 10.5. The molecule has 2 N–H and O–H groups in total. The molecule has 0 fully saturated rings. The summed E-state index contributed by atoms with van der Waals surface area (Å²) in [5.74, 6) is -0.718. The van der Waals surface area contributed by atoms with Crippen LogP contribution < -0.4 is 10.5 Å². The SMILES string of the molecule is NCc1cc(F)cc(COc2ccc(Br)cc2F)c1. The Balaban J connectivity index is 2.12. The van der Waals surface area contributed by atoms with Gasteiger partial charge in [-0.15, -0.1) is 0 Å². The summed E-state index contributed by atoms with van der Waals surface area (Å²) in [5.41, 5.74) is 6.75. The molecular formula is C14H12BrF2NO. The van der Waals surface area contributed by atoms with E-state index in [1.165, 1.54) is 24.3 Å². The van der Waals surface area contributed by atoms with Gasteiger partial charge in [0, 0.05) is 11.0 Å². The molecule has 0 unspecified atom stereocenters. The second kappa shape index (κ2) is 6.12. The molecule has 100 valence electrons. The Labute approximate surface area is 118 Å². The highest BCUT2D eigenvalue weighted by Crippen LogP contribution is 2.22. The van der Waals surface area contributed by atoms with Gasteiger partial charge in [0.15, 0.2) is 11.6 Å². The molecule has 0 amide bonds. The van der Waals surface area contributed by atoms with Gasteiger partial charge in [0.2, 0.25) is 0 Å². The molecule has 0 radical (unpaired) electrons. The third-order valence-corrected chi connectivity index (χ3v) is 3.03. The van der Waals surface area contributed by atoms with Gasteiger partial charge in [-0.2, -0.15) is 0 Å². The summed E-state index contributed by atoms with van der Waals surface area (Å²) in [6, 6.07) is 8.95. The van der Waals surface area contributed by atoms with Crippen LogP contribution in [0, 0.1) is 11.6 Å². The fourth-order valence-electron chi connectivity index (χ4n) is 1.67. The highest BCUT2D eigenvalue weighted by molar-refractivity contribution is 9.10. The van der Waals surface area contributed by atoms with Crippen LogP contribution >= 0.6 is 15.9 Å². The van der Waals surface area contributed by atoms with Crippen molar-refractivity contribution in [3.63, 3.8) is 0 Å². The fraction of sp³-hybridized carbons (Fsp3) is 0.143. The molecule has 0 saturated heterocycles. The van der Waals surface area contributed by atoms with Crippen molar-refractivity contribution in [1.82, 2.24) is 0 Å². The molecule has 0 aliphatic heterocycles. The Kier molecular flexibility index (Phi) is 4.50. The Morgan fingerprint density at radius 3 is 2.47 bits per heavy atom. The molecule has 0 spiro atoms. The Morgan fingerprint density at radius 2 is 1.79 bits per heavy atom. The number of benzene rings is 2. The summed E-state index contributed by atoms with van der Waals surface area (Å²) < 4.78 is 32.8. The van der Waals surface area contributed by atoms with Crippen molar-refractivity contribution < 1.29 is 13.5 Å². The zero-order valence-corrected chi connectivity index (χ0v) is 11.6. The van der Waals surface area contributed by atoms with Crippen molar-refractivity contribution in [2.45, 2.75) is 13.2 Å². The molecule has 2 aromatic rings. The van der Waals surface area contributed by atoms with Crippen LogP contribution in [-0.4, -0.2) is 0 Å². The van der Waals surface area contributed by atoms with E-state index in [9.17, 15) is 8.78 Å². The Morgan fingerprint density at radius 1 is 1.05 bits per heavy atom. The molecule has 0 aliphatic rings. The maximum absolute atomic E-state index is 13.5. The number of ether oxygens (including phenoxy) is 1. The lowest BCUT2D eigenvalue weighted by atomic mass is 10.1. The van der Waals surface area contributed by atoms with E-state index in [1.807, 2.05) is 0 Å². The molecule has 2 nitrogen and oxygen atoms in total. The third-order valence-electron chi connectivity index (χ3n) is 2.54. The average Bonchev–Trinajstić information content (AvgIpc) is 2.37. The van der Waals surface area contributed by atoms with Crippen LogP contribution in [0.4, 0.5) is 8.78 Å². The molecule has 0 heterocycles. The standard InChI is InChI=1S/C14H12BrF2NO/c15-11-1-2-14(13(17)6-11)19-8-10-3-9(7-18)4-12(16)5-10/h1-6H,7-8,18H2. The van der Waals surface area contributed by atoms with E-state index < -0.39 is 5.82 Å². The molecule has 5 heteroatoms. The van der Waals surface area contributed by atoms with Crippen LogP contribution in [0.5, 0.6) is 5.75 Å². The molecule has 0 bridgehead atoms. The summed E-state index contributed by atoms with van der Waals surface area (Å²) in [7, 11) is 0. The van der Waals surface area contributed by atoms with Gasteiger partial charge in [-0.25, -0.2) is 8.78 Å². The van der Waals surface area contributed by atoms with E-state index in [0.717, 1.165) is 0 Å². The van der Waals surface area contributed by atoms with Gasteiger partial charge >= 0.3 is 0 Å². The van der Waals surface area contributed by atoms with Crippen molar-refractivity contribution in [3.05, 3.63) is 63.6 Å². The lowest BCUT2D eigenvalue weighted by Gasteiger charge is -2.09. The number of hydrogen-bond acceptors (Lipinski definition) is 2. The van der Waals surface area contributed by atoms with Crippen LogP contribution in [0.15, 0.2) is 40.9 Å². The number of hydrogen-bond donors (Lipinski definition) is 1. The summed E-state index contributed by atoms with van der Waals surface area (Å²) in [6.45, 7) is 0.334. The van der Waals surface area contributed by atoms with E-state index in [2.05, 4.69) is 15.9 Å². The second-order valence-corrected chi connectivity index (χ2v) is 4.95. The summed E-state index contributed by atoms with van der Waals surface area (Å²) in [6.07, 6.45) is 0. The van der Waals surface area contributed by atoms with Gasteiger partial charge in [-0.1, -0.05) is 22.0 Å². The molecule has 0 saturated carbocycles. The Bertz CT molecular complexity index is 590. The van der Waals surface area contributed by atoms with Gasteiger partial charge in [0.05, 0.1) is 0 Å². The van der Waals surface area contributed by atoms with Gasteiger partial charge in [0.1, 0.15) is 12.4 Å². The van der Waals surface area contributed by atoms with Crippen LogP contribution in [0.3, 0.4) is 0 Å². The second-order valence-electron chi connectivity index (χ2n) is 4.04. The molecule has 0 aromatic heterocycles. The maximum atomic E-state index is 13.5. The summed E-state index contributed by atoms with van der Waals surface area (Å²) in [4.78, 5) is 0. The molecule has 0 aliphatic carbocycles. The first kappa shape index (κ1) is 14.0. The summed E-state index contributed by atoms with van der Waals surface area (Å²) in [5, 5.41) is 0. The third kappa shape index (κ3) is 3.75. The number of rotatable bonds is 4. The van der Waals surface area contributed by atoms with Gasteiger partial charge in [0.25, 0.3) is 0 Å². The van der Waals surface area contributed by atoms with Gasteiger partial charge in [-0.3, -0.25) is 0 Å². The molecule has 19 heavy (non-hydrogen) atoms. The summed E-state index contributed by atoms with van der Waals surface area (Å²) >= 11 is 3.16. The smallest absolute Gasteiger partial charge is 0.166 e. The zero-order valence-electron chi connectivity index (χ0n) is 10.00. The predicted molar refractivity (Wildman–Crippen MR) is 72.7 cm³/mol. The van der Waals surface area contributed by atoms with Crippen molar-refractivity contribution in [2.24, 2.45) is 5.73 Å². The van der Waals surface area contributed by atoms with Gasteiger partial charge in [-0.05, 0) is 41.5 Å². The monoisotopic (exact) mass is 327 g/mol. The van der Waals surface area contributed by atoms with E-state index in [4.69, 9.17) is 10.5 Å². The van der Waals surface area contributed by atoms with Crippen molar-refractivity contribution in [1.29, 1.82) is 0 Å². The minimum absolute atomic E-state index is 0.0866. The minimum atomic E-state index is -0.468. The average molecular weight is 328 g/mol. The van der Waals surface area contributed by atoms with Crippen molar-refractivity contribution in [2.75, 3.05) is 0 Å². The molecular weight excluding hydrogens is 316 g/mol. The van der Waals surface area contributed by atoms with E-state index in [-0.39, 0.29) is 24.7 Å². The predicted octanol–water partition coefficient (Wildman–Crippen LogP) is 3.77.